The summed E-state index contributed by atoms with van der Waals surface area (Å²) in [5, 5.41) is 18.8. The number of carbonyl (C=O) groups is 1. The Morgan fingerprint density at radius 1 is 1.25 bits per heavy atom. The van der Waals surface area contributed by atoms with Crippen molar-refractivity contribution in [2.75, 3.05) is 29.9 Å². The molecule has 0 aliphatic carbocycles. The van der Waals surface area contributed by atoms with Gasteiger partial charge in [0.25, 0.3) is 0 Å². The van der Waals surface area contributed by atoms with E-state index in [4.69, 9.17) is 4.98 Å². The van der Waals surface area contributed by atoms with Crippen LogP contribution in [-0.4, -0.2) is 50.2 Å². The number of anilines is 2. The van der Waals surface area contributed by atoms with Crippen LogP contribution in [0.2, 0.25) is 0 Å². The minimum atomic E-state index is -0.0688. The lowest BCUT2D eigenvalue weighted by molar-refractivity contribution is -0.120. The fourth-order valence-electron chi connectivity index (χ4n) is 3.95. The van der Waals surface area contributed by atoms with Crippen LogP contribution in [0.4, 0.5) is 11.8 Å². The lowest BCUT2D eigenvalue weighted by Gasteiger charge is -2.27. The van der Waals surface area contributed by atoms with Crippen LogP contribution in [0.3, 0.4) is 0 Å². The molecule has 1 aromatic carbocycles. The molecule has 164 valence electrons. The van der Waals surface area contributed by atoms with E-state index in [0.29, 0.717) is 36.9 Å². The number of aromatic nitrogens is 4. The molecule has 5 rings (SSSR count). The SMILES string of the molecule is CC(C)n1cc2c(NCc3cnc4ccccc4c3)nc(N3CCNC(=O)C3)nc2c1O. The summed E-state index contributed by atoms with van der Waals surface area (Å²) in [5.74, 6) is 1.05. The van der Waals surface area contributed by atoms with Crippen molar-refractivity contribution in [3.8, 4) is 5.88 Å². The second kappa shape index (κ2) is 7.99. The van der Waals surface area contributed by atoms with Crippen molar-refractivity contribution in [3.63, 3.8) is 0 Å². The molecule has 3 aromatic heterocycles. The molecule has 0 atom stereocenters. The van der Waals surface area contributed by atoms with Crippen molar-refractivity contribution in [1.82, 2.24) is 24.8 Å². The summed E-state index contributed by atoms with van der Waals surface area (Å²) in [4.78, 5) is 27.6. The van der Waals surface area contributed by atoms with Gasteiger partial charge in [0.05, 0.1) is 17.4 Å². The summed E-state index contributed by atoms with van der Waals surface area (Å²) in [6.45, 7) is 5.83. The molecule has 1 aliphatic rings. The normalized spacial score (nSPS) is 14.3. The molecule has 0 radical (unpaired) electrons. The Bertz CT molecular complexity index is 1310. The van der Waals surface area contributed by atoms with Crippen LogP contribution in [0.15, 0.2) is 42.7 Å². The second-order valence-corrected chi connectivity index (χ2v) is 8.25. The zero-order valence-corrected chi connectivity index (χ0v) is 18.0. The lowest BCUT2D eigenvalue weighted by atomic mass is 10.1. The zero-order chi connectivity index (χ0) is 22.2. The highest BCUT2D eigenvalue weighted by atomic mass is 16.3. The van der Waals surface area contributed by atoms with Gasteiger partial charge >= 0.3 is 0 Å². The van der Waals surface area contributed by atoms with E-state index in [9.17, 15) is 9.90 Å². The first-order valence-corrected chi connectivity index (χ1v) is 10.7. The quantitative estimate of drug-likeness (QED) is 0.446. The average molecular weight is 432 g/mol. The van der Waals surface area contributed by atoms with Crippen LogP contribution in [0.5, 0.6) is 5.88 Å². The third kappa shape index (κ3) is 3.66. The number of hydrogen-bond acceptors (Lipinski definition) is 7. The Morgan fingerprint density at radius 2 is 2.09 bits per heavy atom. The number of para-hydroxylation sites is 1. The number of pyridine rings is 1. The van der Waals surface area contributed by atoms with Crippen molar-refractivity contribution in [1.29, 1.82) is 0 Å². The molecular weight excluding hydrogens is 406 g/mol. The molecule has 1 saturated heterocycles. The minimum absolute atomic E-state index is 0.0611. The van der Waals surface area contributed by atoms with Gasteiger partial charge in [-0.05, 0) is 31.5 Å². The molecule has 0 bridgehead atoms. The number of carbonyl (C=O) groups excluding carboxylic acids is 1. The van der Waals surface area contributed by atoms with Crippen molar-refractivity contribution in [3.05, 3.63) is 48.3 Å². The number of nitrogens with zero attached hydrogens (tertiary/aromatic N) is 5. The smallest absolute Gasteiger partial charge is 0.239 e. The van der Waals surface area contributed by atoms with Crippen LogP contribution in [-0.2, 0) is 11.3 Å². The Morgan fingerprint density at radius 3 is 2.91 bits per heavy atom. The highest BCUT2D eigenvalue weighted by molar-refractivity contribution is 5.94. The van der Waals surface area contributed by atoms with Gasteiger partial charge in [-0.1, -0.05) is 18.2 Å². The maximum atomic E-state index is 11.9. The maximum absolute atomic E-state index is 11.9. The molecule has 1 aliphatic heterocycles. The lowest BCUT2D eigenvalue weighted by Crippen LogP contribution is -2.48. The molecule has 32 heavy (non-hydrogen) atoms. The number of benzene rings is 1. The molecule has 9 heteroatoms. The van der Waals surface area contributed by atoms with E-state index in [0.717, 1.165) is 21.9 Å². The summed E-state index contributed by atoms with van der Waals surface area (Å²) in [6, 6.07) is 10.1. The first-order chi connectivity index (χ1) is 15.5. The Kier molecular flexibility index (Phi) is 5.01. The highest BCUT2D eigenvalue weighted by Crippen LogP contribution is 2.34. The van der Waals surface area contributed by atoms with Gasteiger partial charge in [-0.2, -0.15) is 4.98 Å². The molecule has 9 nitrogen and oxygen atoms in total. The van der Waals surface area contributed by atoms with Crippen molar-refractivity contribution < 1.29 is 9.90 Å². The molecule has 1 fully saturated rings. The van der Waals surface area contributed by atoms with Gasteiger partial charge in [0, 0.05) is 43.5 Å². The molecular formula is C23H25N7O2. The molecule has 4 aromatic rings. The van der Waals surface area contributed by atoms with Gasteiger partial charge in [0.1, 0.15) is 11.3 Å². The van der Waals surface area contributed by atoms with Gasteiger partial charge in [0.2, 0.25) is 17.7 Å². The number of rotatable bonds is 5. The van der Waals surface area contributed by atoms with E-state index >= 15 is 0 Å². The average Bonchev–Trinajstić information content (AvgIpc) is 3.14. The van der Waals surface area contributed by atoms with E-state index in [1.54, 1.807) is 4.57 Å². The zero-order valence-electron chi connectivity index (χ0n) is 18.0. The van der Waals surface area contributed by atoms with Gasteiger partial charge in [-0.25, -0.2) is 4.98 Å². The third-order valence-electron chi connectivity index (χ3n) is 5.64. The number of piperazine rings is 1. The van der Waals surface area contributed by atoms with Gasteiger partial charge in [-0.15, -0.1) is 0 Å². The van der Waals surface area contributed by atoms with E-state index in [1.165, 1.54) is 0 Å². The monoisotopic (exact) mass is 431 g/mol. The van der Waals surface area contributed by atoms with Gasteiger partial charge in [-0.3, -0.25) is 9.78 Å². The predicted molar refractivity (Wildman–Crippen MR) is 124 cm³/mol. The fraction of sp³-hybridized carbons (Fsp3) is 0.304. The molecule has 4 heterocycles. The maximum Gasteiger partial charge on any atom is 0.239 e. The van der Waals surface area contributed by atoms with Crippen molar-refractivity contribution in [2.24, 2.45) is 0 Å². The first kappa shape index (κ1) is 20.0. The number of hydrogen-bond donors (Lipinski definition) is 3. The summed E-state index contributed by atoms with van der Waals surface area (Å²) in [6.07, 6.45) is 3.71. The summed E-state index contributed by atoms with van der Waals surface area (Å²) < 4.78 is 1.77. The molecule has 0 unspecified atom stereocenters. The number of aromatic hydroxyl groups is 1. The van der Waals surface area contributed by atoms with E-state index in [-0.39, 0.29) is 24.4 Å². The van der Waals surface area contributed by atoms with Crippen LogP contribution >= 0.6 is 0 Å². The van der Waals surface area contributed by atoms with Gasteiger partial charge in [0.15, 0.2) is 0 Å². The van der Waals surface area contributed by atoms with Crippen LogP contribution in [0, 0.1) is 0 Å². The molecule has 1 amide bonds. The van der Waals surface area contributed by atoms with Crippen LogP contribution in [0.1, 0.15) is 25.5 Å². The van der Waals surface area contributed by atoms with Crippen LogP contribution < -0.4 is 15.5 Å². The third-order valence-corrected chi connectivity index (χ3v) is 5.64. The second-order valence-electron chi connectivity index (χ2n) is 8.25. The van der Waals surface area contributed by atoms with Crippen LogP contribution in [0.25, 0.3) is 21.8 Å². The number of fused-ring (bicyclic) bond motifs is 2. The molecule has 0 spiro atoms. The minimum Gasteiger partial charge on any atom is -0.493 e. The van der Waals surface area contributed by atoms with E-state index < -0.39 is 0 Å². The number of nitrogens with one attached hydrogen (secondary N) is 2. The molecule has 3 N–H and O–H groups in total. The summed E-state index contributed by atoms with van der Waals surface area (Å²) >= 11 is 0. The Labute approximate surface area is 185 Å². The number of amides is 1. The fourth-order valence-corrected chi connectivity index (χ4v) is 3.95. The van der Waals surface area contributed by atoms with E-state index in [2.05, 4.69) is 26.7 Å². The van der Waals surface area contributed by atoms with Gasteiger partial charge < -0.3 is 25.2 Å². The molecule has 0 saturated carbocycles. The van der Waals surface area contributed by atoms with E-state index in [1.807, 2.05) is 55.4 Å². The first-order valence-electron chi connectivity index (χ1n) is 10.7. The standard InChI is InChI=1S/C23H25N7O2/c1-14(2)30-12-17-20(22(30)32)27-23(29-8-7-24-19(31)13-29)28-21(17)26-11-15-9-16-5-3-4-6-18(16)25-10-15/h3-6,9-10,12,14,32H,7-8,11,13H2,1-2H3,(H,24,31)(H,26,27,28). The van der Waals surface area contributed by atoms with Crippen molar-refractivity contribution >= 4 is 39.5 Å². The predicted octanol–water partition coefficient (Wildman–Crippen LogP) is 2.81. The summed E-state index contributed by atoms with van der Waals surface area (Å²) in [5.41, 5.74) is 2.43. The topological polar surface area (TPSA) is 108 Å². The highest BCUT2D eigenvalue weighted by Gasteiger charge is 2.23. The Hall–Kier alpha value is -3.88. The van der Waals surface area contributed by atoms with Crippen molar-refractivity contribution in [2.45, 2.75) is 26.4 Å². The Balaban J connectivity index is 1.53. The summed E-state index contributed by atoms with van der Waals surface area (Å²) in [7, 11) is 0. The largest absolute Gasteiger partial charge is 0.493 e.